The SMILES string of the molecule is CCn1ncc(C(C)NC(=O)c2ccn(Cn3nc(C)cc3C)n2)c1C. The van der Waals surface area contributed by atoms with Gasteiger partial charge in [-0.1, -0.05) is 0 Å². The number of hydrogen-bond donors (Lipinski definition) is 1. The Hall–Kier alpha value is -2.90. The van der Waals surface area contributed by atoms with Crippen molar-refractivity contribution >= 4 is 5.91 Å². The molecule has 0 aliphatic carbocycles. The molecular weight excluding hydrogens is 330 g/mol. The van der Waals surface area contributed by atoms with Crippen molar-refractivity contribution in [1.29, 1.82) is 0 Å². The monoisotopic (exact) mass is 355 g/mol. The molecule has 3 rings (SSSR count). The highest BCUT2D eigenvalue weighted by Crippen LogP contribution is 2.17. The first-order valence-corrected chi connectivity index (χ1v) is 8.76. The second-order valence-corrected chi connectivity index (χ2v) is 6.50. The van der Waals surface area contributed by atoms with Crippen LogP contribution in [0.1, 0.15) is 53.0 Å². The van der Waals surface area contributed by atoms with E-state index in [0.717, 1.165) is 29.2 Å². The zero-order valence-corrected chi connectivity index (χ0v) is 15.9. The van der Waals surface area contributed by atoms with Crippen LogP contribution in [-0.4, -0.2) is 35.2 Å². The molecule has 1 unspecified atom stereocenters. The maximum Gasteiger partial charge on any atom is 0.272 e. The van der Waals surface area contributed by atoms with Gasteiger partial charge in [-0.2, -0.15) is 15.3 Å². The molecule has 0 radical (unpaired) electrons. The molecule has 1 N–H and O–H groups in total. The fourth-order valence-electron chi connectivity index (χ4n) is 3.07. The second kappa shape index (κ2) is 7.15. The van der Waals surface area contributed by atoms with Crippen molar-refractivity contribution in [2.24, 2.45) is 0 Å². The van der Waals surface area contributed by atoms with Crippen LogP contribution < -0.4 is 5.32 Å². The Morgan fingerprint density at radius 3 is 2.62 bits per heavy atom. The molecule has 3 heterocycles. The van der Waals surface area contributed by atoms with E-state index >= 15 is 0 Å². The summed E-state index contributed by atoms with van der Waals surface area (Å²) in [4.78, 5) is 12.5. The molecule has 0 saturated carbocycles. The Labute approximate surface area is 152 Å². The lowest BCUT2D eigenvalue weighted by Crippen LogP contribution is -2.27. The van der Waals surface area contributed by atoms with Gasteiger partial charge in [0.1, 0.15) is 12.4 Å². The number of nitrogens with zero attached hydrogens (tertiary/aromatic N) is 6. The zero-order valence-electron chi connectivity index (χ0n) is 15.9. The molecule has 0 bridgehead atoms. The van der Waals surface area contributed by atoms with Gasteiger partial charge in [-0.3, -0.25) is 14.2 Å². The normalized spacial score (nSPS) is 12.3. The van der Waals surface area contributed by atoms with E-state index in [1.54, 1.807) is 16.9 Å². The summed E-state index contributed by atoms with van der Waals surface area (Å²) in [5.74, 6) is -0.201. The summed E-state index contributed by atoms with van der Waals surface area (Å²) in [6.45, 7) is 11.2. The molecule has 3 aromatic rings. The first-order chi connectivity index (χ1) is 12.4. The highest BCUT2D eigenvalue weighted by atomic mass is 16.2. The highest BCUT2D eigenvalue weighted by Gasteiger charge is 2.17. The van der Waals surface area contributed by atoms with Gasteiger partial charge in [-0.25, -0.2) is 4.68 Å². The van der Waals surface area contributed by atoms with Crippen LogP contribution in [0, 0.1) is 20.8 Å². The van der Waals surface area contributed by atoms with Crippen molar-refractivity contribution < 1.29 is 4.79 Å². The number of rotatable bonds is 6. The van der Waals surface area contributed by atoms with Crippen molar-refractivity contribution in [3.63, 3.8) is 0 Å². The van der Waals surface area contributed by atoms with Crippen LogP contribution in [0.25, 0.3) is 0 Å². The first kappa shape index (κ1) is 17.9. The van der Waals surface area contributed by atoms with E-state index in [-0.39, 0.29) is 11.9 Å². The molecule has 0 aliphatic heterocycles. The van der Waals surface area contributed by atoms with Gasteiger partial charge in [-0.05, 0) is 46.8 Å². The fraction of sp³-hybridized carbons (Fsp3) is 0.444. The topological polar surface area (TPSA) is 82.6 Å². The molecule has 8 heteroatoms. The quantitative estimate of drug-likeness (QED) is 0.735. The largest absolute Gasteiger partial charge is 0.344 e. The van der Waals surface area contributed by atoms with E-state index in [0.29, 0.717) is 12.4 Å². The number of amides is 1. The third-order valence-electron chi connectivity index (χ3n) is 4.51. The number of nitrogens with one attached hydrogen (secondary N) is 1. The Morgan fingerprint density at radius 2 is 2.00 bits per heavy atom. The third kappa shape index (κ3) is 3.54. The van der Waals surface area contributed by atoms with Crippen molar-refractivity contribution in [3.05, 3.63) is 52.9 Å². The summed E-state index contributed by atoms with van der Waals surface area (Å²) in [5, 5.41) is 16.1. The van der Waals surface area contributed by atoms with Crippen molar-refractivity contribution in [2.45, 2.75) is 53.9 Å². The molecule has 0 saturated heterocycles. The predicted octanol–water partition coefficient (Wildman–Crippen LogP) is 2.22. The minimum absolute atomic E-state index is 0.135. The van der Waals surface area contributed by atoms with E-state index in [9.17, 15) is 4.79 Å². The maximum absolute atomic E-state index is 12.5. The minimum Gasteiger partial charge on any atom is -0.344 e. The summed E-state index contributed by atoms with van der Waals surface area (Å²) < 4.78 is 5.48. The summed E-state index contributed by atoms with van der Waals surface area (Å²) in [5.41, 5.74) is 4.49. The molecule has 8 nitrogen and oxygen atoms in total. The number of aromatic nitrogens is 6. The summed E-state index contributed by atoms with van der Waals surface area (Å²) in [7, 11) is 0. The van der Waals surface area contributed by atoms with Gasteiger partial charge in [0.2, 0.25) is 0 Å². The molecule has 0 aromatic carbocycles. The van der Waals surface area contributed by atoms with Crippen molar-refractivity contribution in [1.82, 2.24) is 34.7 Å². The summed E-state index contributed by atoms with van der Waals surface area (Å²) in [6, 6.07) is 3.59. The van der Waals surface area contributed by atoms with E-state index < -0.39 is 0 Å². The van der Waals surface area contributed by atoms with E-state index in [4.69, 9.17) is 0 Å². The maximum atomic E-state index is 12.5. The molecule has 3 aromatic heterocycles. The number of aryl methyl sites for hydroxylation is 3. The molecule has 0 fully saturated rings. The van der Waals surface area contributed by atoms with Crippen LogP contribution in [0.15, 0.2) is 24.5 Å². The lowest BCUT2D eigenvalue weighted by molar-refractivity contribution is 0.0933. The van der Waals surface area contributed by atoms with Crippen LogP contribution in [0.3, 0.4) is 0 Å². The average molecular weight is 355 g/mol. The lowest BCUT2D eigenvalue weighted by Gasteiger charge is -2.13. The third-order valence-corrected chi connectivity index (χ3v) is 4.51. The second-order valence-electron chi connectivity index (χ2n) is 6.50. The van der Waals surface area contributed by atoms with Crippen LogP contribution in [0.5, 0.6) is 0 Å². The van der Waals surface area contributed by atoms with Crippen LogP contribution in [0.2, 0.25) is 0 Å². The number of carbonyl (C=O) groups excluding carboxylic acids is 1. The van der Waals surface area contributed by atoms with E-state index in [1.807, 2.05) is 56.2 Å². The summed E-state index contributed by atoms with van der Waals surface area (Å²) in [6.07, 6.45) is 3.60. The van der Waals surface area contributed by atoms with Gasteiger partial charge in [0.15, 0.2) is 0 Å². The molecule has 1 amide bonds. The van der Waals surface area contributed by atoms with E-state index in [2.05, 4.69) is 20.6 Å². The predicted molar refractivity (Wildman–Crippen MR) is 97.8 cm³/mol. The van der Waals surface area contributed by atoms with Gasteiger partial charge >= 0.3 is 0 Å². The molecule has 0 spiro atoms. The van der Waals surface area contributed by atoms with Gasteiger partial charge in [0, 0.05) is 29.7 Å². The lowest BCUT2D eigenvalue weighted by atomic mass is 10.1. The Morgan fingerprint density at radius 1 is 1.23 bits per heavy atom. The smallest absolute Gasteiger partial charge is 0.272 e. The van der Waals surface area contributed by atoms with E-state index in [1.165, 1.54) is 0 Å². The van der Waals surface area contributed by atoms with Gasteiger partial charge in [0.05, 0.1) is 17.9 Å². The molecule has 0 aliphatic rings. The zero-order chi connectivity index (χ0) is 18.8. The molecule has 138 valence electrons. The minimum atomic E-state index is -0.201. The van der Waals surface area contributed by atoms with Gasteiger partial charge in [-0.15, -0.1) is 0 Å². The Bertz CT molecular complexity index is 918. The van der Waals surface area contributed by atoms with Crippen molar-refractivity contribution in [3.8, 4) is 0 Å². The standard InChI is InChI=1S/C18H25N7O/c1-6-24-15(5)16(10-19-24)14(4)20-18(26)17-7-8-23(22-17)11-25-13(3)9-12(2)21-25/h7-10,14H,6,11H2,1-5H3,(H,20,26). The molecule has 1 atom stereocenters. The van der Waals surface area contributed by atoms with Crippen LogP contribution >= 0.6 is 0 Å². The number of carbonyl (C=O) groups is 1. The first-order valence-electron chi connectivity index (χ1n) is 8.76. The van der Waals surface area contributed by atoms with Gasteiger partial charge < -0.3 is 5.32 Å². The Balaban J connectivity index is 1.67. The average Bonchev–Trinajstić information content (AvgIpc) is 3.27. The van der Waals surface area contributed by atoms with Crippen LogP contribution in [0.4, 0.5) is 0 Å². The van der Waals surface area contributed by atoms with Gasteiger partial charge in [0.25, 0.3) is 5.91 Å². The highest BCUT2D eigenvalue weighted by molar-refractivity contribution is 5.92. The Kier molecular flexibility index (Phi) is 4.92. The summed E-state index contributed by atoms with van der Waals surface area (Å²) >= 11 is 0. The van der Waals surface area contributed by atoms with Crippen LogP contribution in [-0.2, 0) is 13.2 Å². The number of hydrogen-bond acceptors (Lipinski definition) is 4. The molecule has 26 heavy (non-hydrogen) atoms. The fourth-order valence-corrected chi connectivity index (χ4v) is 3.07. The molecular formula is C18H25N7O. The van der Waals surface area contributed by atoms with Crippen molar-refractivity contribution in [2.75, 3.05) is 0 Å².